The number of hydrogen-bond donors (Lipinski definition) is 2. The predicted octanol–water partition coefficient (Wildman–Crippen LogP) is 3.69. The topological polar surface area (TPSA) is 67.1 Å². The number of halogens is 1. The minimum absolute atomic E-state index is 0. The third kappa shape index (κ3) is 6.69. The lowest BCUT2D eigenvalue weighted by atomic mass is 10.0. The van der Waals surface area contributed by atoms with Gasteiger partial charge in [-0.15, -0.1) is 24.0 Å². The molecule has 0 aliphatic carbocycles. The van der Waals surface area contributed by atoms with Gasteiger partial charge >= 0.3 is 0 Å². The third-order valence-corrected chi connectivity index (χ3v) is 5.36. The maximum Gasteiger partial charge on any atom is 0.191 e. The van der Waals surface area contributed by atoms with Crippen molar-refractivity contribution in [2.45, 2.75) is 71.4 Å². The van der Waals surface area contributed by atoms with Crippen molar-refractivity contribution in [3.63, 3.8) is 0 Å². The van der Waals surface area contributed by atoms with Gasteiger partial charge in [0.25, 0.3) is 0 Å². The number of fused-ring (bicyclic) bond motifs is 1. The van der Waals surface area contributed by atoms with Crippen LogP contribution in [0.1, 0.15) is 62.3 Å². The molecule has 0 fully saturated rings. The van der Waals surface area contributed by atoms with Crippen LogP contribution in [0.2, 0.25) is 0 Å². The molecule has 1 aliphatic heterocycles. The number of nitrogens with zero attached hydrogens (tertiary/aromatic N) is 4. The number of nitrogens with one attached hydrogen (secondary N) is 2. The average Bonchev–Trinajstić information content (AvgIpc) is 3.13. The van der Waals surface area contributed by atoms with Crippen LogP contribution in [-0.2, 0) is 25.8 Å². The molecule has 29 heavy (non-hydrogen) atoms. The van der Waals surface area contributed by atoms with Crippen molar-refractivity contribution in [2.24, 2.45) is 4.99 Å². The second kappa shape index (κ2) is 11.5. The van der Waals surface area contributed by atoms with Crippen LogP contribution in [0, 0.1) is 0 Å². The molecule has 0 radical (unpaired) electrons. The van der Waals surface area contributed by atoms with E-state index in [-0.39, 0.29) is 24.0 Å². The molecule has 0 saturated heterocycles. The summed E-state index contributed by atoms with van der Waals surface area (Å²) in [4.78, 5) is 8.97. The van der Waals surface area contributed by atoms with E-state index in [1.165, 1.54) is 11.1 Å². The van der Waals surface area contributed by atoms with Gasteiger partial charge in [-0.3, -0.25) is 4.99 Å². The zero-order chi connectivity index (χ0) is 19.9. The summed E-state index contributed by atoms with van der Waals surface area (Å²) in [6, 6.07) is 9.35. The Bertz CT molecular complexity index is 781. The van der Waals surface area contributed by atoms with Gasteiger partial charge < -0.3 is 10.6 Å². The molecule has 1 aliphatic rings. The van der Waals surface area contributed by atoms with E-state index >= 15 is 0 Å². The molecule has 3 rings (SSSR count). The first-order valence-corrected chi connectivity index (χ1v) is 10.6. The highest BCUT2D eigenvalue weighted by molar-refractivity contribution is 14.0. The van der Waals surface area contributed by atoms with Gasteiger partial charge in [-0.25, -0.2) is 9.67 Å². The molecule has 1 aromatic heterocycles. The van der Waals surface area contributed by atoms with Crippen molar-refractivity contribution in [1.29, 1.82) is 0 Å². The number of hydrogen-bond acceptors (Lipinski definition) is 3. The van der Waals surface area contributed by atoms with Crippen LogP contribution in [0.4, 0.5) is 0 Å². The Morgan fingerprint density at radius 2 is 2.03 bits per heavy atom. The molecule has 1 aromatic carbocycles. The van der Waals surface area contributed by atoms with E-state index in [2.05, 4.69) is 70.7 Å². The van der Waals surface area contributed by atoms with Gasteiger partial charge in [0.1, 0.15) is 5.82 Å². The lowest BCUT2D eigenvalue weighted by Crippen LogP contribution is -2.47. The second-order valence-electron chi connectivity index (χ2n) is 7.86. The van der Waals surface area contributed by atoms with Crippen molar-refractivity contribution in [2.75, 3.05) is 13.6 Å². The van der Waals surface area contributed by atoms with E-state index in [0.717, 1.165) is 62.8 Å². The number of aryl methyl sites for hydroxylation is 3. The Morgan fingerprint density at radius 1 is 1.28 bits per heavy atom. The standard InChI is InChI=1S/C22H34N6.HI/c1-5-20-26-21-13-12-19(15-28(21)27-20)25-22(23-4)24-14-6-7-17-8-10-18(11-9-17)16(2)3;/h8-11,16,19H,5-7,12-15H2,1-4H3,(H2,23,24,25);1H. The molecule has 160 valence electrons. The molecular formula is C22H35IN6. The predicted molar refractivity (Wildman–Crippen MR) is 130 cm³/mol. The number of benzene rings is 1. The fraction of sp³-hybridized carbons (Fsp3) is 0.591. The first-order chi connectivity index (χ1) is 13.6. The van der Waals surface area contributed by atoms with Crippen molar-refractivity contribution >= 4 is 29.9 Å². The summed E-state index contributed by atoms with van der Waals surface area (Å²) in [6.07, 6.45) is 5.08. The van der Waals surface area contributed by atoms with Crippen molar-refractivity contribution in [1.82, 2.24) is 25.4 Å². The van der Waals surface area contributed by atoms with Crippen LogP contribution in [0.3, 0.4) is 0 Å². The first-order valence-electron chi connectivity index (χ1n) is 10.6. The smallest absolute Gasteiger partial charge is 0.191 e. The van der Waals surface area contributed by atoms with Crippen molar-refractivity contribution in [3.8, 4) is 0 Å². The van der Waals surface area contributed by atoms with E-state index in [1.807, 2.05) is 11.7 Å². The van der Waals surface area contributed by atoms with Crippen molar-refractivity contribution < 1.29 is 0 Å². The summed E-state index contributed by atoms with van der Waals surface area (Å²) in [6.45, 7) is 8.33. The SMILES string of the molecule is CCc1nc2n(n1)CC(NC(=NC)NCCCc1ccc(C(C)C)cc1)CC2.I. The van der Waals surface area contributed by atoms with Gasteiger partial charge in [0.05, 0.1) is 6.54 Å². The molecule has 0 spiro atoms. The molecule has 2 heterocycles. The van der Waals surface area contributed by atoms with E-state index in [4.69, 9.17) is 0 Å². The third-order valence-electron chi connectivity index (χ3n) is 5.36. The van der Waals surface area contributed by atoms with Crippen LogP contribution in [0.25, 0.3) is 0 Å². The molecule has 0 amide bonds. The fourth-order valence-corrected chi connectivity index (χ4v) is 3.58. The van der Waals surface area contributed by atoms with E-state index in [0.29, 0.717) is 12.0 Å². The molecular weight excluding hydrogens is 475 g/mol. The lowest BCUT2D eigenvalue weighted by Gasteiger charge is -2.25. The Balaban J connectivity index is 0.00000300. The van der Waals surface area contributed by atoms with Gasteiger partial charge in [0.2, 0.25) is 0 Å². The molecule has 1 atom stereocenters. The minimum atomic E-state index is 0. The highest BCUT2D eigenvalue weighted by atomic mass is 127. The summed E-state index contributed by atoms with van der Waals surface area (Å²) in [5.41, 5.74) is 2.80. The van der Waals surface area contributed by atoms with Gasteiger partial charge in [0, 0.05) is 32.5 Å². The first kappa shape index (κ1) is 23.6. The zero-order valence-electron chi connectivity index (χ0n) is 18.1. The average molecular weight is 510 g/mol. The summed E-state index contributed by atoms with van der Waals surface area (Å²) in [5.74, 6) is 3.52. The Labute approximate surface area is 192 Å². The monoisotopic (exact) mass is 510 g/mol. The van der Waals surface area contributed by atoms with Crippen LogP contribution in [-0.4, -0.2) is 40.4 Å². The molecule has 6 nitrogen and oxygen atoms in total. The fourth-order valence-electron chi connectivity index (χ4n) is 3.58. The van der Waals surface area contributed by atoms with Crippen LogP contribution < -0.4 is 10.6 Å². The summed E-state index contributed by atoms with van der Waals surface area (Å²) >= 11 is 0. The maximum absolute atomic E-state index is 4.59. The number of rotatable bonds is 7. The van der Waals surface area contributed by atoms with Crippen LogP contribution in [0.15, 0.2) is 29.3 Å². The second-order valence-corrected chi connectivity index (χ2v) is 7.86. The largest absolute Gasteiger partial charge is 0.356 e. The quantitative estimate of drug-likeness (QED) is 0.258. The minimum Gasteiger partial charge on any atom is -0.356 e. The molecule has 1 unspecified atom stereocenters. The van der Waals surface area contributed by atoms with Crippen molar-refractivity contribution in [3.05, 3.63) is 47.0 Å². The maximum atomic E-state index is 4.59. The zero-order valence-corrected chi connectivity index (χ0v) is 20.4. The van der Waals surface area contributed by atoms with E-state index < -0.39 is 0 Å². The number of aromatic nitrogens is 3. The lowest BCUT2D eigenvalue weighted by molar-refractivity contribution is 0.392. The molecule has 2 aromatic rings. The Hall–Kier alpha value is -1.64. The van der Waals surface area contributed by atoms with Crippen LogP contribution in [0.5, 0.6) is 0 Å². The summed E-state index contributed by atoms with van der Waals surface area (Å²) in [5, 5.41) is 11.6. The highest BCUT2D eigenvalue weighted by Gasteiger charge is 2.21. The Morgan fingerprint density at radius 3 is 2.69 bits per heavy atom. The van der Waals surface area contributed by atoms with Gasteiger partial charge in [-0.05, 0) is 36.3 Å². The van der Waals surface area contributed by atoms with Crippen LogP contribution >= 0.6 is 24.0 Å². The van der Waals surface area contributed by atoms with Gasteiger partial charge in [-0.2, -0.15) is 5.10 Å². The van der Waals surface area contributed by atoms with E-state index in [1.54, 1.807) is 0 Å². The van der Waals surface area contributed by atoms with E-state index in [9.17, 15) is 0 Å². The molecule has 7 heteroatoms. The number of aliphatic imine (C=N–C) groups is 1. The Kier molecular flexibility index (Phi) is 9.39. The normalized spacial score (nSPS) is 16.3. The van der Waals surface area contributed by atoms with Gasteiger partial charge in [-0.1, -0.05) is 45.0 Å². The molecule has 0 bridgehead atoms. The summed E-state index contributed by atoms with van der Waals surface area (Å²) < 4.78 is 2.05. The molecule has 0 saturated carbocycles. The summed E-state index contributed by atoms with van der Waals surface area (Å²) in [7, 11) is 1.83. The molecule has 2 N–H and O–H groups in total. The van der Waals surface area contributed by atoms with Gasteiger partial charge in [0.15, 0.2) is 11.8 Å². The number of guanidine groups is 1. The highest BCUT2D eigenvalue weighted by Crippen LogP contribution is 2.15.